The second-order valence-electron chi connectivity index (χ2n) is 5.03. The normalized spacial score (nSPS) is 12.2. The maximum atomic E-state index is 10.5. The summed E-state index contributed by atoms with van der Waals surface area (Å²) < 4.78 is 0. The Balaban J connectivity index is 1.88. The molecule has 1 aromatic heterocycles. The Bertz CT molecular complexity index is 581. The molecule has 0 aliphatic rings. The van der Waals surface area contributed by atoms with Gasteiger partial charge in [-0.3, -0.25) is 4.79 Å². The van der Waals surface area contributed by atoms with Crippen LogP contribution < -0.4 is 5.32 Å². The van der Waals surface area contributed by atoms with E-state index in [-0.39, 0.29) is 6.42 Å². The third-order valence-electron chi connectivity index (χ3n) is 3.35. The van der Waals surface area contributed by atoms with Crippen LogP contribution >= 0.6 is 0 Å². The number of carboxylic acids is 1. The molecule has 2 aromatic rings. The van der Waals surface area contributed by atoms with Gasteiger partial charge in [0.05, 0.1) is 6.20 Å². The van der Waals surface area contributed by atoms with Gasteiger partial charge < -0.3 is 10.4 Å². The van der Waals surface area contributed by atoms with Gasteiger partial charge in [-0.15, -0.1) is 5.10 Å². The zero-order chi connectivity index (χ0) is 14.4. The third-order valence-corrected chi connectivity index (χ3v) is 3.35. The highest BCUT2D eigenvalue weighted by atomic mass is 16.4. The smallest absolute Gasteiger partial charge is 0.303 e. The lowest BCUT2D eigenvalue weighted by Gasteiger charge is -2.11. The molecule has 0 bridgehead atoms. The fourth-order valence-electron chi connectivity index (χ4n) is 2.11. The minimum absolute atomic E-state index is 0.231. The van der Waals surface area contributed by atoms with Crippen molar-refractivity contribution in [1.29, 1.82) is 0 Å². The number of carboxylic acid groups (broad SMARTS) is 1. The molecule has 2 rings (SSSR count). The Morgan fingerprint density at radius 1 is 1.35 bits per heavy atom. The molecular weight excluding hydrogens is 254 g/mol. The van der Waals surface area contributed by atoms with Crippen molar-refractivity contribution in [2.24, 2.45) is 5.92 Å². The number of hydrogen-bond donors (Lipinski definition) is 2. The Labute approximate surface area is 118 Å². The molecule has 0 spiro atoms. The van der Waals surface area contributed by atoms with Crippen molar-refractivity contribution >= 4 is 22.6 Å². The summed E-state index contributed by atoms with van der Waals surface area (Å²) in [5.74, 6) is 0.430. The molecule has 1 atom stereocenters. The van der Waals surface area contributed by atoms with Crippen LogP contribution in [0.5, 0.6) is 0 Å². The van der Waals surface area contributed by atoms with E-state index in [0.29, 0.717) is 12.3 Å². The second-order valence-corrected chi connectivity index (χ2v) is 5.03. The molecule has 1 unspecified atom stereocenters. The summed E-state index contributed by atoms with van der Waals surface area (Å²) in [4.78, 5) is 10.5. The van der Waals surface area contributed by atoms with Gasteiger partial charge in [-0.05, 0) is 18.8 Å². The number of nitrogens with one attached hydrogen (secondary N) is 1. The number of aromatic nitrogens is 2. The monoisotopic (exact) mass is 273 g/mol. The molecule has 0 saturated heterocycles. The van der Waals surface area contributed by atoms with E-state index in [1.807, 2.05) is 24.3 Å². The number of hydrogen-bond acceptors (Lipinski definition) is 4. The van der Waals surface area contributed by atoms with Crippen molar-refractivity contribution in [3.63, 3.8) is 0 Å². The summed E-state index contributed by atoms with van der Waals surface area (Å²) in [7, 11) is 0. The van der Waals surface area contributed by atoms with Crippen molar-refractivity contribution in [1.82, 2.24) is 10.2 Å². The van der Waals surface area contributed by atoms with E-state index in [1.165, 1.54) is 0 Å². The van der Waals surface area contributed by atoms with E-state index in [1.54, 1.807) is 6.20 Å². The number of nitrogens with zero attached hydrogens (tertiary/aromatic N) is 2. The van der Waals surface area contributed by atoms with Crippen LogP contribution in [0.3, 0.4) is 0 Å². The first-order valence-corrected chi connectivity index (χ1v) is 6.83. The Morgan fingerprint density at radius 3 is 2.95 bits per heavy atom. The first kappa shape index (κ1) is 14.2. The predicted octanol–water partition coefficient (Wildman–Crippen LogP) is 2.93. The zero-order valence-electron chi connectivity index (χ0n) is 11.5. The average molecular weight is 273 g/mol. The van der Waals surface area contributed by atoms with Gasteiger partial charge >= 0.3 is 5.97 Å². The Kier molecular flexibility index (Phi) is 4.87. The van der Waals surface area contributed by atoms with Gasteiger partial charge in [0.2, 0.25) is 0 Å². The van der Waals surface area contributed by atoms with Crippen molar-refractivity contribution in [2.75, 3.05) is 11.9 Å². The first-order valence-electron chi connectivity index (χ1n) is 6.83. The van der Waals surface area contributed by atoms with Gasteiger partial charge in [-0.25, -0.2) is 0 Å². The molecular formula is C15H19N3O2. The van der Waals surface area contributed by atoms with E-state index in [9.17, 15) is 4.79 Å². The Morgan fingerprint density at radius 2 is 2.15 bits per heavy atom. The lowest BCUT2D eigenvalue weighted by Crippen LogP contribution is -2.10. The first-order chi connectivity index (χ1) is 9.66. The molecule has 20 heavy (non-hydrogen) atoms. The number of benzene rings is 1. The van der Waals surface area contributed by atoms with Gasteiger partial charge in [0.15, 0.2) is 5.82 Å². The molecule has 5 nitrogen and oxygen atoms in total. The van der Waals surface area contributed by atoms with Gasteiger partial charge in [0.25, 0.3) is 0 Å². The van der Waals surface area contributed by atoms with Crippen LogP contribution in [0.25, 0.3) is 10.8 Å². The van der Waals surface area contributed by atoms with E-state index in [0.717, 1.165) is 29.6 Å². The highest BCUT2D eigenvalue weighted by Crippen LogP contribution is 2.19. The number of carbonyl (C=O) groups is 1. The molecule has 106 valence electrons. The zero-order valence-corrected chi connectivity index (χ0v) is 11.5. The highest BCUT2D eigenvalue weighted by Gasteiger charge is 2.06. The fraction of sp³-hybridized carbons (Fsp3) is 0.400. The molecule has 0 aliphatic heterocycles. The van der Waals surface area contributed by atoms with Crippen LogP contribution in [-0.2, 0) is 4.79 Å². The predicted molar refractivity (Wildman–Crippen MR) is 78.7 cm³/mol. The van der Waals surface area contributed by atoms with Crippen molar-refractivity contribution in [3.05, 3.63) is 30.5 Å². The topological polar surface area (TPSA) is 75.1 Å². The number of aliphatic carboxylic acids is 1. The maximum Gasteiger partial charge on any atom is 0.303 e. The van der Waals surface area contributed by atoms with Crippen molar-refractivity contribution < 1.29 is 9.90 Å². The summed E-state index contributed by atoms with van der Waals surface area (Å²) >= 11 is 0. The van der Waals surface area contributed by atoms with Crippen LogP contribution in [0.4, 0.5) is 5.82 Å². The average Bonchev–Trinajstić information content (AvgIpc) is 2.45. The van der Waals surface area contributed by atoms with Crippen LogP contribution in [-0.4, -0.2) is 27.8 Å². The van der Waals surface area contributed by atoms with Crippen LogP contribution in [0.1, 0.15) is 26.2 Å². The van der Waals surface area contributed by atoms with Gasteiger partial charge in [-0.2, -0.15) is 5.10 Å². The van der Waals surface area contributed by atoms with Gasteiger partial charge in [0, 0.05) is 23.7 Å². The van der Waals surface area contributed by atoms with Crippen LogP contribution in [0.15, 0.2) is 30.5 Å². The summed E-state index contributed by atoms with van der Waals surface area (Å²) in [5.41, 5.74) is 0. The largest absolute Gasteiger partial charge is 0.481 e. The summed E-state index contributed by atoms with van der Waals surface area (Å²) in [6.07, 6.45) is 3.60. The number of anilines is 1. The molecule has 2 N–H and O–H groups in total. The molecule has 5 heteroatoms. The minimum atomic E-state index is -0.732. The Hall–Kier alpha value is -2.17. The van der Waals surface area contributed by atoms with Crippen LogP contribution in [0.2, 0.25) is 0 Å². The standard InChI is InChI=1S/C15H19N3O2/c1-11(6-7-14(19)20)8-9-16-15-13-5-3-2-4-12(13)10-17-18-15/h2-5,10-11H,6-9H2,1H3,(H,16,18)(H,19,20). The SMILES string of the molecule is CC(CCNc1nncc2ccccc12)CCC(=O)O. The molecule has 0 amide bonds. The van der Waals surface area contributed by atoms with E-state index in [4.69, 9.17) is 5.11 Å². The van der Waals surface area contributed by atoms with Gasteiger partial charge in [0.1, 0.15) is 0 Å². The lowest BCUT2D eigenvalue weighted by molar-refractivity contribution is -0.137. The van der Waals surface area contributed by atoms with Crippen molar-refractivity contribution in [2.45, 2.75) is 26.2 Å². The van der Waals surface area contributed by atoms with E-state index in [2.05, 4.69) is 22.4 Å². The van der Waals surface area contributed by atoms with E-state index < -0.39 is 5.97 Å². The lowest BCUT2D eigenvalue weighted by atomic mass is 10.0. The second kappa shape index (κ2) is 6.84. The molecule has 0 aliphatic carbocycles. The highest BCUT2D eigenvalue weighted by molar-refractivity contribution is 5.90. The molecule has 1 heterocycles. The summed E-state index contributed by atoms with van der Waals surface area (Å²) in [5, 5.41) is 22.2. The number of rotatable bonds is 7. The van der Waals surface area contributed by atoms with Gasteiger partial charge in [-0.1, -0.05) is 31.2 Å². The summed E-state index contributed by atoms with van der Waals surface area (Å²) in [6, 6.07) is 7.97. The maximum absolute atomic E-state index is 10.5. The van der Waals surface area contributed by atoms with E-state index >= 15 is 0 Å². The van der Waals surface area contributed by atoms with Crippen molar-refractivity contribution in [3.8, 4) is 0 Å². The molecule has 1 aromatic carbocycles. The number of fused-ring (bicyclic) bond motifs is 1. The molecule has 0 saturated carbocycles. The fourth-order valence-corrected chi connectivity index (χ4v) is 2.11. The summed E-state index contributed by atoms with van der Waals surface area (Å²) in [6.45, 7) is 2.84. The molecule has 0 radical (unpaired) electrons. The quantitative estimate of drug-likeness (QED) is 0.811. The molecule has 0 fully saturated rings. The van der Waals surface area contributed by atoms with Crippen LogP contribution in [0, 0.1) is 5.92 Å². The minimum Gasteiger partial charge on any atom is -0.481 e. The third kappa shape index (κ3) is 3.91.